The normalized spacial score (nSPS) is 14.5. The van der Waals surface area contributed by atoms with E-state index in [0.29, 0.717) is 32.1 Å². The Kier molecular flexibility index (Phi) is 8.07. The SMILES string of the molecule is CCNCc1cccc(NC(=O)CSCC(=O)N2CCOCC2)c1. The summed E-state index contributed by atoms with van der Waals surface area (Å²) in [5.74, 6) is 0.584. The van der Waals surface area contributed by atoms with Gasteiger partial charge in [-0.1, -0.05) is 19.1 Å². The summed E-state index contributed by atoms with van der Waals surface area (Å²) in [6.07, 6.45) is 0. The molecule has 0 atom stereocenters. The fraction of sp³-hybridized carbons (Fsp3) is 0.529. The zero-order chi connectivity index (χ0) is 17.2. The monoisotopic (exact) mass is 351 g/mol. The van der Waals surface area contributed by atoms with Gasteiger partial charge in [-0.05, 0) is 24.2 Å². The maximum Gasteiger partial charge on any atom is 0.234 e. The van der Waals surface area contributed by atoms with E-state index in [9.17, 15) is 9.59 Å². The van der Waals surface area contributed by atoms with Crippen molar-refractivity contribution in [2.75, 3.05) is 49.7 Å². The highest BCUT2D eigenvalue weighted by molar-refractivity contribution is 8.00. The molecule has 1 aromatic rings. The molecular weight excluding hydrogens is 326 g/mol. The first kappa shape index (κ1) is 18.8. The first-order chi connectivity index (χ1) is 11.7. The average Bonchev–Trinajstić information content (AvgIpc) is 2.61. The van der Waals surface area contributed by atoms with Gasteiger partial charge in [-0.2, -0.15) is 0 Å². The number of ether oxygens (including phenoxy) is 1. The largest absolute Gasteiger partial charge is 0.378 e. The van der Waals surface area contributed by atoms with Gasteiger partial charge in [0.25, 0.3) is 0 Å². The molecule has 1 heterocycles. The van der Waals surface area contributed by atoms with Gasteiger partial charge in [0.15, 0.2) is 0 Å². The summed E-state index contributed by atoms with van der Waals surface area (Å²) in [5, 5.41) is 6.13. The summed E-state index contributed by atoms with van der Waals surface area (Å²) in [5.41, 5.74) is 1.92. The van der Waals surface area contributed by atoms with Crippen LogP contribution in [0.2, 0.25) is 0 Å². The number of morpholine rings is 1. The van der Waals surface area contributed by atoms with E-state index in [4.69, 9.17) is 4.74 Å². The van der Waals surface area contributed by atoms with Crippen molar-refractivity contribution in [1.82, 2.24) is 10.2 Å². The molecule has 24 heavy (non-hydrogen) atoms. The van der Waals surface area contributed by atoms with Gasteiger partial charge in [0.2, 0.25) is 11.8 Å². The van der Waals surface area contributed by atoms with Crippen LogP contribution in [0.1, 0.15) is 12.5 Å². The lowest BCUT2D eigenvalue weighted by Gasteiger charge is -2.26. The third-order valence-electron chi connectivity index (χ3n) is 3.61. The topological polar surface area (TPSA) is 70.7 Å². The van der Waals surface area contributed by atoms with Gasteiger partial charge in [0.05, 0.1) is 24.7 Å². The standard InChI is InChI=1S/C17H25N3O3S/c1-2-18-11-14-4-3-5-15(10-14)19-16(21)12-24-13-17(22)20-6-8-23-9-7-20/h3-5,10,18H,2,6-9,11-13H2,1H3,(H,19,21). The molecule has 0 saturated carbocycles. The number of amides is 2. The average molecular weight is 351 g/mol. The van der Waals surface area contributed by atoms with Crippen LogP contribution in [0.3, 0.4) is 0 Å². The quantitative estimate of drug-likeness (QED) is 0.739. The Hall–Kier alpha value is -1.57. The number of hydrogen-bond donors (Lipinski definition) is 2. The van der Waals surface area contributed by atoms with Crippen LogP contribution in [0.25, 0.3) is 0 Å². The van der Waals surface area contributed by atoms with Gasteiger partial charge in [0.1, 0.15) is 0 Å². The van der Waals surface area contributed by atoms with Crippen LogP contribution in [0.4, 0.5) is 5.69 Å². The lowest BCUT2D eigenvalue weighted by molar-refractivity contribution is -0.132. The molecule has 2 amide bonds. The Bertz CT molecular complexity index is 548. The van der Waals surface area contributed by atoms with E-state index in [1.54, 1.807) is 4.90 Å². The molecule has 2 rings (SSSR count). The van der Waals surface area contributed by atoms with Crippen molar-refractivity contribution in [3.8, 4) is 0 Å². The third kappa shape index (κ3) is 6.51. The molecule has 6 nitrogen and oxygen atoms in total. The van der Waals surface area contributed by atoms with Crippen molar-refractivity contribution in [1.29, 1.82) is 0 Å². The van der Waals surface area contributed by atoms with Gasteiger partial charge in [-0.3, -0.25) is 9.59 Å². The minimum absolute atomic E-state index is 0.0729. The van der Waals surface area contributed by atoms with Crippen LogP contribution in [-0.2, 0) is 20.9 Å². The molecule has 0 spiro atoms. The van der Waals surface area contributed by atoms with Gasteiger partial charge in [-0.15, -0.1) is 11.8 Å². The second-order valence-electron chi connectivity index (χ2n) is 5.51. The highest BCUT2D eigenvalue weighted by Gasteiger charge is 2.16. The summed E-state index contributed by atoms with van der Waals surface area (Å²) in [7, 11) is 0. The first-order valence-electron chi connectivity index (χ1n) is 8.22. The van der Waals surface area contributed by atoms with Gasteiger partial charge < -0.3 is 20.3 Å². The Balaban J connectivity index is 1.70. The molecule has 1 aliphatic rings. The minimum atomic E-state index is -0.0876. The third-order valence-corrected chi connectivity index (χ3v) is 4.53. The molecule has 7 heteroatoms. The van der Waals surface area contributed by atoms with Crippen molar-refractivity contribution in [2.45, 2.75) is 13.5 Å². The molecule has 132 valence electrons. The van der Waals surface area contributed by atoms with E-state index in [2.05, 4.69) is 17.6 Å². The van der Waals surface area contributed by atoms with Crippen LogP contribution >= 0.6 is 11.8 Å². The maximum atomic E-state index is 12.0. The van der Waals surface area contributed by atoms with E-state index in [-0.39, 0.29) is 17.6 Å². The fourth-order valence-corrected chi connectivity index (χ4v) is 3.08. The van der Waals surface area contributed by atoms with Crippen molar-refractivity contribution in [3.05, 3.63) is 29.8 Å². The second-order valence-corrected chi connectivity index (χ2v) is 6.50. The van der Waals surface area contributed by atoms with Crippen molar-refractivity contribution in [2.24, 2.45) is 0 Å². The number of benzene rings is 1. The van der Waals surface area contributed by atoms with Crippen LogP contribution in [0.5, 0.6) is 0 Å². The van der Waals surface area contributed by atoms with Crippen molar-refractivity contribution in [3.63, 3.8) is 0 Å². The van der Waals surface area contributed by atoms with Crippen molar-refractivity contribution < 1.29 is 14.3 Å². The van der Waals surface area contributed by atoms with E-state index in [1.165, 1.54) is 11.8 Å². The number of thioether (sulfide) groups is 1. The van der Waals surface area contributed by atoms with E-state index in [1.807, 2.05) is 24.3 Å². The van der Waals surface area contributed by atoms with Crippen LogP contribution in [0, 0.1) is 0 Å². The Morgan fingerprint density at radius 3 is 2.79 bits per heavy atom. The molecule has 0 aliphatic carbocycles. The number of hydrogen-bond acceptors (Lipinski definition) is 5. The zero-order valence-corrected chi connectivity index (χ0v) is 14.9. The molecule has 0 aromatic heterocycles. The Morgan fingerprint density at radius 1 is 1.25 bits per heavy atom. The van der Waals surface area contributed by atoms with E-state index >= 15 is 0 Å². The lowest BCUT2D eigenvalue weighted by Crippen LogP contribution is -2.41. The summed E-state index contributed by atoms with van der Waals surface area (Å²) in [6.45, 7) is 6.23. The molecule has 1 aromatic carbocycles. The van der Waals surface area contributed by atoms with Gasteiger partial charge in [0, 0.05) is 25.3 Å². The van der Waals surface area contributed by atoms with E-state index < -0.39 is 0 Å². The highest BCUT2D eigenvalue weighted by Crippen LogP contribution is 2.12. The highest BCUT2D eigenvalue weighted by atomic mass is 32.2. The molecule has 0 unspecified atom stereocenters. The second kappa shape index (κ2) is 10.3. The first-order valence-corrected chi connectivity index (χ1v) is 9.37. The summed E-state index contributed by atoms with van der Waals surface area (Å²) < 4.78 is 5.22. The van der Waals surface area contributed by atoms with Crippen molar-refractivity contribution >= 4 is 29.3 Å². The molecule has 1 aliphatic heterocycles. The van der Waals surface area contributed by atoms with Crippen LogP contribution in [0.15, 0.2) is 24.3 Å². The molecule has 0 bridgehead atoms. The predicted octanol–water partition coefficient (Wildman–Crippen LogP) is 1.33. The van der Waals surface area contributed by atoms with Crippen LogP contribution < -0.4 is 10.6 Å². The number of carbonyl (C=O) groups excluding carboxylic acids is 2. The molecule has 1 fully saturated rings. The lowest BCUT2D eigenvalue weighted by atomic mass is 10.2. The molecule has 1 saturated heterocycles. The number of carbonyl (C=O) groups is 2. The smallest absolute Gasteiger partial charge is 0.234 e. The number of anilines is 1. The molecule has 0 radical (unpaired) electrons. The summed E-state index contributed by atoms with van der Waals surface area (Å²) in [6, 6.07) is 7.78. The maximum absolute atomic E-state index is 12.0. The number of nitrogens with zero attached hydrogens (tertiary/aromatic N) is 1. The molecular formula is C17H25N3O3S. The summed E-state index contributed by atoms with van der Waals surface area (Å²) in [4.78, 5) is 25.8. The predicted molar refractivity (Wildman–Crippen MR) is 97.2 cm³/mol. The number of rotatable bonds is 8. The van der Waals surface area contributed by atoms with Gasteiger partial charge >= 0.3 is 0 Å². The minimum Gasteiger partial charge on any atom is -0.378 e. The summed E-state index contributed by atoms with van der Waals surface area (Å²) >= 11 is 1.34. The Labute approximate surface area is 147 Å². The Morgan fingerprint density at radius 2 is 2.04 bits per heavy atom. The molecule has 2 N–H and O–H groups in total. The zero-order valence-electron chi connectivity index (χ0n) is 14.0. The fourth-order valence-electron chi connectivity index (χ4n) is 2.36. The van der Waals surface area contributed by atoms with E-state index in [0.717, 1.165) is 24.3 Å². The van der Waals surface area contributed by atoms with Gasteiger partial charge in [-0.25, -0.2) is 0 Å². The number of nitrogens with one attached hydrogen (secondary N) is 2. The van der Waals surface area contributed by atoms with Crippen LogP contribution in [-0.4, -0.2) is 61.1 Å².